The van der Waals surface area contributed by atoms with Gasteiger partial charge in [-0.3, -0.25) is 8.37 Å². The number of aryl methyl sites for hydroxylation is 2. The van der Waals surface area contributed by atoms with E-state index in [1.165, 1.54) is 46.9 Å². The van der Waals surface area contributed by atoms with Gasteiger partial charge in [0, 0.05) is 39.1 Å². The van der Waals surface area contributed by atoms with E-state index in [2.05, 4.69) is 19.9 Å². The molecule has 2 aromatic carbocycles. The number of benzene rings is 2. The summed E-state index contributed by atoms with van der Waals surface area (Å²) < 4.78 is 67.2. The van der Waals surface area contributed by atoms with Crippen molar-refractivity contribution in [1.29, 1.82) is 0 Å². The maximum atomic E-state index is 13.1. The number of nitrogen functional groups attached to an aromatic ring is 2. The van der Waals surface area contributed by atoms with E-state index in [9.17, 15) is 16.8 Å². The van der Waals surface area contributed by atoms with Gasteiger partial charge >= 0.3 is 0 Å². The summed E-state index contributed by atoms with van der Waals surface area (Å²) in [6, 6.07) is 8.84. The molecule has 4 heterocycles. The monoisotopic (exact) mass is 782 g/mol. The second kappa shape index (κ2) is 15.3. The SMILES string of the molecule is Cc1ncc(C[n+]2csc(CCOS(=O)(=O)c3ccc4cc(S(=O)(=O)OCCc5sc[n+](Cc6cnc(C)nc6N)c5C)ccc4c3)c2C)c(N)n1. The lowest BCUT2D eigenvalue weighted by Gasteiger charge is -2.09. The molecular weight excluding hydrogens is 745 g/mol. The fourth-order valence-corrected chi connectivity index (χ4v) is 9.31. The second-order valence-electron chi connectivity index (χ2n) is 12.1. The van der Waals surface area contributed by atoms with Crippen molar-refractivity contribution in [2.45, 2.75) is 63.4 Å². The zero-order valence-electron chi connectivity index (χ0n) is 28.9. The van der Waals surface area contributed by atoms with E-state index < -0.39 is 20.2 Å². The minimum atomic E-state index is -4.08. The van der Waals surface area contributed by atoms with E-state index >= 15 is 0 Å². The van der Waals surface area contributed by atoms with Crippen LogP contribution in [0, 0.1) is 27.7 Å². The molecule has 0 bridgehead atoms. The number of hydrogen-bond acceptors (Lipinski definition) is 14. The molecule has 6 aromatic rings. The Morgan fingerprint density at radius 1 is 0.654 bits per heavy atom. The summed E-state index contributed by atoms with van der Waals surface area (Å²) in [5, 5.41) is 1.08. The van der Waals surface area contributed by atoms with Crippen LogP contribution in [0.25, 0.3) is 10.8 Å². The minimum Gasteiger partial charge on any atom is -0.383 e. The molecule has 52 heavy (non-hydrogen) atoms. The van der Waals surface area contributed by atoms with Crippen molar-refractivity contribution in [3.63, 3.8) is 0 Å². The van der Waals surface area contributed by atoms with E-state index in [1.807, 2.05) is 34.0 Å². The number of hydrogen-bond donors (Lipinski definition) is 2. The maximum Gasteiger partial charge on any atom is 0.297 e. The molecule has 0 fully saturated rings. The Kier molecular flexibility index (Phi) is 10.9. The van der Waals surface area contributed by atoms with Gasteiger partial charge in [0.25, 0.3) is 20.2 Å². The summed E-state index contributed by atoms with van der Waals surface area (Å²) in [5.74, 6) is 2.06. The largest absolute Gasteiger partial charge is 0.383 e. The second-order valence-corrected chi connectivity index (χ2v) is 17.2. The van der Waals surface area contributed by atoms with Gasteiger partial charge in [0.05, 0.1) is 43.9 Å². The minimum absolute atomic E-state index is 0.0270. The van der Waals surface area contributed by atoms with Crippen LogP contribution in [-0.4, -0.2) is 50.0 Å². The standard InChI is InChI=1S/C34H38N8O6S4/c1-21-31(49-19-41(21)17-27-15-37-23(3)39-33(27)35)9-11-47-51(43,44)29-7-5-26-14-30(8-6-25(26)13-29)52(45,46)48-12-10-32-22(2)42(20-50-32)18-28-16-38-24(4)40-34(28)36/h5-8,13-16,19-20H,9-12,17-18H2,1-4H3,(H2,35,37,39)(H2,36,38,40)/q+2. The van der Waals surface area contributed by atoms with Crippen LogP contribution in [0.3, 0.4) is 0 Å². The van der Waals surface area contributed by atoms with E-state index in [0.29, 0.717) is 60.0 Å². The predicted octanol–water partition coefficient (Wildman–Crippen LogP) is 3.51. The normalized spacial score (nSPS) is 12.2. The molecule has 0 saturated carbocycles. The van der Waals surface area contributed by atoms with Crippen LogP contribution in [0.2, 0.25) is 0 Å². The number of nitrogens with zero attached hydrogens (tertiary/aromatic N) is 6. The van der Waals surface area contributed by atoms with Gasteiger partial charge in [-0.15, -0.1) is 0 Å². The summed E-state index contributed by atoms with van der Waals surface area (Å²) in [6.07, 6.45) is 4.20. The lowest BCUT2D eigenvalue weighted by Crippen LogP contribution is -2.35. The van der Waals surface area contributed by atoms with Crippen molar-refractivity contribution >= 4 is 65.3 Å². The number of nitrogens with two attached hydrogens (primary N) is 2. The molecule has 0 aliphatic carbocycles. The first kappa shape index (κ1) is 37.3. The Morgan fingerprint density at radius 3 is 1.44 bits per heavy atom. The van der Waals surface area contributed by atoms with Crippen LogP contribution in [0.1, 0.15) is 43.9 Å². The molecule has 272 valence electrons. The third-order valence-corrected chi connectivity index (χ3v) is 13.4. The molecule has 0 radical (unpaired) electrons. The number of aromatic nitrogens is 6. The van der Waals surface area contributed by atoms with Crippen LogP contribution in [-0.2, 0) is 54.5 Å². The van der Waals surface area contributed by atoms with Crippen LogP contribution < -0.4 is 20.6 Å². The molecule has 14 nitrogen and oxygen atoms in total. The Balaban J connectivity index is 1.04. The third-order valence-electron chi connectivity index (χ3n) is 8.53. The van der Waals surface area contributed by atoms with Crippen molar-refractivity contribution in [2.75, 3.05) is 24.7 Å². The molecule has 4 N–H and O–H groups in total. The van der Waals surface area contributed by atoms with Gasteiger partial charge in [0.15, 0.2) is 24.5 Å². The first-order chi connectivity index (χ1) is 24.7. The zero-order chi connectivity index (χ0) is 37.2. The first-order valence-electron chi connectivity index (χ1n) is 16.1. The lowest BCUT2D eigenvalue weighted by atomic mass is 10.1. The van der Waals surface area contributed by atoms with Gasteiger partial charge < -0.3 is 11.5 Å². The number of anilines is 2. The summed E-state index contributed by atoms with van der Waals surface area (Å²) in [6.45, 7) is 8.36. The molecule has 0 amide bonds. The van der Waals surface area contributed by atoms with Crippen LogP contribution in [0.5, 0.6) is 0 Å². The van der Waals surface area contributed by atoms with Gasteiger partial charge in [0.1, 0.15) is 23.3 Å². The predicted molar refractivity (Wildman–Crippen MR) is 197 cm³/mol. The van der Waals surface area contributed by atoms with Gasteiger partial charge in [-0.2, -0.15) is 26.0 Å². The molecular formula is C34H38N8O6S4+2. The zero-order valence-corrected chi connectivity index (χ0v) is 32.2. The van der Waals surface area contributed by atoms with Crippen molar-refractivity contribution < 1.29 is 34.3 Å². The van der Waals surface area contributed by atoms with Crippen molar-refractivity contribution in [3.8, 4) is 0 Å². The highest BCUT2D eigenvalue weighted by atomic mass is 32.2. The average Bonchev–Trinajstić information content (AvgIpc) is 3.62. The highest BCUT2D eigenvalue weighted by Crippen LogP contribution is 2.25. The highest BCUT2D eigenvalue weighted by molar-refractivity contribution is 7.87. The van der Waals surface area contributed by atoms with Gasteiger partial charge in [-0.1, -0.05) is 34.8 Å². The Bertz CT molecular complexity index is 2330. The summed E-state index contributed by atoms with van der Waals surface area (Å²) in [4.78, 5) is 18.8. The molecule has 0 aliphatic heterocycles. The quantitative estimate of drug-likeness (QED) is 0.121. The fourth-order valence-electron chi connectivity index (χ4n) is 5.47. The Morgan fingerprint density at radius 2 is 1.06 bits per heavy atom. The molecule has 0 unspecified atom stereocenters. The van der Waals surface area contributed by atoms with E-state index in [4.69, 9.17) is 19.8 Å². The molecule has 0 spiro atoms. The summed E-state index contributed by atoms with van der Waals surface area (Å²) >= 11 is 3.00. The van der Waals surface area contributed by atoms with Gasteiger partial charge in [0.2, 0.25) is 11.0 Å². The Hall–Kier alpha value is -4.46. The molecule has 0 saturated heterocycles. The van der Waals surface area contributed by atoms with E-state index in [1.54, 1.807) is 38.4 Å². The summed E-state index contributed by atoms with van der Waals surface area (Å²) in [7, 11) is -8.16. The number of rotatable bonds is 14. The number of fused-ring (bicyclic) bond motifs is 1. The maximum absolute atomic E-state index is 13.1. The van der Waals surface area contributed by atoms with Crippen LogP contribution in [0.4, 0.5) is 11.6 Å². The number of thiazole rings is 2. The highest BCUT2D eigenvalue weighted by Gasteiger charge is 2.23. The van der Waals surface area contributed by atoms with Crippen molar-refractivity contribution in [1.82, 2.24) is 19.9 Å². The smallest absolute Gasteiger partial charge is 0.297 e. The van der Waals surface area contributed by atoms with E-state index in [-0.39, 0.29) is 23.0 Å². The first-order valence-corrected chi connectivity index (χ1v) is 20.7. The van der Waals surface area contributed by atoms with Crippen molar-refractivity contribution in [3.05, 3.63) is 104 Å². The molecule has 0 atom stereocenters. The fraction of sp³-hybridized carbons (Fsp3) is 0.294. The average molecular weight is 783 g/mol. The third kappa shape index (κ3) is 8.43. The van der Waals surface area contributed by atoms with Crippen LogP contribution >= 0.6 is 22.7 Å². The van der Waals surface area contributed by atoms with E-state index in [0.717, 1.165) is 32.3 Å². The summed E-state index contributed by atoms with van der Waals surface area (Å²) in [5.41, 5.74) is 19.5. The van der Waals surface area contributed by atoms with Crippen LogP contribution in [0.15, 0.2) is 69.6 Å². The lowest BCUT2D eigenvalue weighted by molar-refractivity contribution is -0.689. The molecule has 0 aliphatic rings. The van der Waals surface area contributed by atoms with Gasteiger partial charge in [-0.25, -0.2) is 19.9 Å². The van der Waals surface area contributed by atoms with Gasteiger partial charge in [-0.05, 0) is 48.9 Å². The topological polar surface area (TPSA) is 198 Å². The van der Waals surface area contributed by atoms with Crippen molar-refractivity contribution in [2.24, 2.45) is 0 Å². The molecule has 18 heteroatoms. The molecule has 6 rings (SSSR count). The Labute approximate surface area is 310 Å². The molecule has 4 aromatic heterocycles.